The van der Waals surface area contributed by atoms with Gasteiger partial charge in [0.1, 0.15) is 0 Å². The van der Waals surface area contributed by atoms with Gasteiger partial charge in [-0.3, -0.25) is 0 Å². The lowest BCUT2D eigenvalue weighted by molar-refractivity contribution is 0.0902. The van der Waals surface area contributed by atoms with Crippen molar-refractivity contribution in [2.24, 2.45) is 0 Å². The minimum absolute atomic E-state index is 0.0340. The van der Waals surface area contributed by atoms with Crippen LogP contribution in [0.3, 0.4) is 0 Å². The van der Waals surface area contributed by atoms with E-state index in [1.165, 1.54) is 6.20 Å². The van der Waals surface area contributed by atoms with Crippen molar-refractivity contribution in [3.63, 3.8) is 0 Å². The Morgan fingerprint density at radius 1 is 1.55 bits per heavy atom. The summed E-state index contributed by atoms with van der Waals surface area (Å²) < 4.78 is 33.0. The van der Waals surface area contributed by atoms with Crippen LogP contribution in [0.1, 0.15) is 26.7 Å². The van der Waals surface area contributed by atoms with E-state index < -0.39 is 10.0 Å². The normalized spacial score (nSPS) is 20.8. The van der Waals surface area contributed by atoms with Crippen molar-refractivity contribution in [1.82, 2.24) is 9.71 Å². The van der Waals surface area contributed by atoms with Crippen LogP contribution in [-0.2, 0) is 14.8 Å². The molecule has 2 rings (SSSR count). The number of aromatic nitrogens is 1. The molecule has 0 bridgehead atoms. The Balaban J connectivity index is 2.17. The van der Waals surface area contributed by atoms with Crippen molar-refractivity contribution in [1.29, 1.82) is 0 Å². The molecule has 1 aromatic rings. The molecule has 1 saturated heterocycles. The molecule has 0 radical (unpaired) electrons. The zero-order valence-electron chi connectivity index (χ0n) is 11.8. The Morgan fingerprint density at radius 2 is 2.35 bits per heavy atom. The summed E-state index contributed by atoms with van der Waals surface area (Å²) in [5.41, 5.74) is 0.516. The molecule has 2 heterocycles. The van der Waals surface area contributed by atoms with Gasteiger partial charge < -0.3 is 10.1 Å². The van der Waals surface area contributed by atoms with Crippen molar-refractivity contribution in [2.45, 2.75) is 43.9 Å². The second kappa shape index (κ2) is 6.51. The van der Waals surface area contributed by atoms with Gasteiger partial charge in [0, 0.05) is 25.4 Å². The summed E-state index contributed by atoms with van der Waals surface area (Å²) in [5, 5.41) is 3.05. The number of pyridine rings is 1. The molecule has 0 aliphatic carbocycles. The van der Waals surface area contributed by atoms with Crippen LogP contribution in [-0.4, -0.2) is 38.7 Å². The predicted octanol–water partition coefficient (Wildman–Crippen LogP) is 1.36. The van der Waals surface area contributed by atoms with E-state index in [1.54, 1.807) is 12.1 Å². The van der Waals surface area contributed by atoms with E-state index in [4.69, 9.17) is 4.74 Å². The fourth-order valence-electron chi connectivity index (χ4n) is 2.30. The molecule has 1 aliphatic heterocycles. The largest absolute Gasteiger partial charge is 0.383 e. The second-order valence-corrected chi connectivity index (χ2v) is 6.48. The minimum Gasteiger partial charge on any atom is -0.383 e. The molecule has 6 nitrogen and oxygen atoms in total. The maximum absolute atomic E-state index is 12.4. The lowest BCUT2D eigenvalue weighted by atomic mass is 10.1. The lowest BCUT2D eigenvalue weighted by Gasteiger charge is -2.20. The van der Waals surface area contributed by atoms with Crippen LogP contribution in [0.15, 0.2) is 23.4 Å². The first-order valence-electron chi connectivity index (χ1n) is 6.87. The molecule has 7 heteroatoms. The van der Waals surface area contributed by atoms with Gasteiger partial charge in [-0.15, -0.1) is 0 Å². The summed E-state index contributed by atoms with van der Waals surface area (Å²) in [6, 6.07) is 3.15. The first-order valence-corrected chi connectivity index (χ1v) is 8.35. The lowest BCUT2D eigenvalue weighted by Crippen LogP contribution is -2.41. The van der Waals surface area contributed by atoms with E-state index in [0.29, 0.717) is 18.8 Å². The van der Waals surface area contributed by atoms with Crippen molar-refractivity contribution in [3.8, 4) is 0 Å². The fourth-order valence-corrected chi connectivity index (χ4v) is 3.69. The zero-order chi connectivity index (χ0) is 14.6. The minimum atomic E-state index is -3.65. The smallest absolute Gasteiger partial charge is 0.260 e. The van der Waals surface area contributed by atoms with Crippen molar-refractivity contribution in [3.05, 3.63) is 18.3 Å². The molecule has 1 fully saturated rings. The number of ether oxygens (including phenoxy) is 1. The number of hydrogen-bond acceptors (Lipinski definition) is 5. The van der Waals surface area contributed by atoms with E-state index in [9.17, 15) is 8.42 Å². The van der Waals surface area contributed by atoms with Gasteiger partial charge in [-0.2, -0.15) is 0 Å². The molecule has 0 aromatic carbocycles. The van der Waals surface area contributed by atoms with Gasteiger partial charge in [0.25, 0.3) is 10.0 Å². The zero-order valence-corrected chi connectivity index (χ0v) is 12.6. The standard InChI is InChI=1S/C13H21N3O3S/c1-3-14-11-6-4-8-15-13(11)20(17,18)16-10(2)12-7-5-9-19-12/h4,6,8,10,12,14,16H,3,5,7,9H2,1-2H3. The van der Waals surface area contributed by atoms with E-state index >= 15 is 0 Å². The van der Waals surface area contributed by atoms with Gasteiger partial charge in [-0.1, -0.05) is 0 Å². The molecule has 0 saturated carbocycles. The van der Waals surface area contributed by atoms with Gasteiger partial charge in [-0.25, -0.2) is 18.1 Å². The van der Waals surface area contributed by atoms with Gasteiger partial charge in [0.05, 0.1) is 11.8 Å². The van der Waals surface area contributed by atoms with Crippen LogP contribution in [0.4, 0.5) is 5.69 Å². The maximum atomic E-state index is 12.4. The highest BCUT2D eigenvalue weighted by Gasteiger charge is 2.28. The van der Waals surface area contributed by atoms with Crippen molar-refractivity contribution < 1.29 is 13.2 Å². The molecule has 112 valence electrons. The first-order chi connectivity index (χ1) is 9.54. The van der Waals surface area contributed by atoms with Crippen LogP contribution in [0.5, 0.6) is 0 Å². The quantitative estimate of drug-likeness (QED) is 0.829. The number of sulfonamides is 1. The van der Waals surface area contributed by atoms with Crippen LogP contribution < -0.4 is 10.0 Å². The first kappa shape index (κ1) is 15.2. The Kier molecular flexibility index (Phi) is 4.95. The summed E-state index contributed by atoms with van der Waals surface area (Å²) in [7, 11) is -3.65. The number of nitrogens with one attached hydrogen (secondary N) is 2. The Labute approximate surface area is 120 Å². The van der Waals surface area contributed by atoms with Crippen molar-refractivity contribution in [2.75, 3.05) is 18.5 Å². The Morgan fingerprint density at radius 3 is 3.00 bits per heavy atom. The highest BCUT2D eigenvalue weighted by Crippen LogP contribution is 2.20. The third-order valence-electron chi connectivity index (χ3n) is 3.26. The average molecular weight is 299 g/mol. The van der Waals surface area contributed by atoms with E-state index in [1.807, 2.05) is 13.8 Å². The average Bonchev–Trinajstić information content (AvgIpc) is 2.93. The molecule has 0 amide bonds. The summed E-state index contributed by atoms with van der Waals surface area (Å²) >= 11 is 0. The topological polar surface area (TPSA) is 80.3 Å². The van der Waals surface area contributed by atoms with Crippen LogP contribution in [0.25, 0.3) is 0 Å². The monoisotopic (exact) mass is 299 g/mol. The second-order valence-electron chi connectivity index (χ2n) is 4.85. The van der Waals surface area contributed by atoms with Gasteiger partial charge >= 0.3 is 0 Å². The Bertz CT molecular complexity index is 542. The van der Waals surface area contributed by atoms with E-state index in [-0.39, 0.29) is 17.2 Å². The third-order valence-corrected chi connectivity index (χ3v) is 4.77. The number of hydrogen-bond donors (Lipinski definition) is 2. The molecule has 1 aromatic heterocycles. The molecule has 0 spiro atoms. The SMILES string of the molecule is CCNc1cccnc1S(=O)(=O)NC(C)C1CCCO1. The fraction of sp³-hybridized carbons (Fsp3) is 0.615. The molecule has 2 atom stereocenters. The highest BCUT2D eigenvalue weighted by molar-refractivity contribution is 7.89. The number of rotatable bonds is 6. The summed E-state index contributed by atoms with van der Waals surface area (Å²) in [6.45, 7) is 5.06. The summed E-state index contributed by atoms with van der Waals surface area (Å²) in [6.07, 6.45) is 3.28. The molecule has 2 unspecified atom stereocenters. The van der Waals surface area contributed by atoms with Gasteiger partial charge in [0.2, 0.25) is 0 Å². The third kappa shape index (κ3) is 3.47. The molecular formula is C13H21N3O3S. The van der Waals surface area contributed by atoms with Gasteiger partial charge in [-0.05, 0) is 38.8 Å². The van der Waals surface area contributed by atoms with E-state index in [2.05, 4.69) is 15.0 Å². The maximum Gasteiger partial charge on any atom is 0.260 e. The highest BCUT2D eigenvalue weighted by atomic mass is 32.2. The predicted molar refractivity (Wildman–Crippen MR) is 77.2 cm³/mol. The molecule has 2 N–H and O–H groups in total. The van der Waals surface area contributed by atoms with Crippen LogP contribution >= 0.6 is 0 Å². The molecule has 1 aliphatic rings. The van der Waals surface area contributed by atoms with Crippen LogP contribution in [0, 0.1) is 0 Å². The summed E-state index contributed by atoms with van der Waals surface area (Å²) in [5.74, 6) is 0. The molecular weight excluding hydrogens is 278 g/mol. The van der Waals surface area contributed by atoms with Gasteiger partial charge in [0.15, 0.2) is 5.03 Å². The van der Waals surface area contributed by atoms with Crippen LogP contribution in [0.2, 0.25) is 0 Å². The number of anilines is 1. The Hall–Kier alpha value is -1.18. The number of nitrogens with zero attached hydrogens (tertiary/aromatic N) is 1. The molecule has 20 heavy (non-hydrogen) atoms. The summed E-state index contributed by atoms with van der Waals surface area (Å²) in [4.78, 5) is 3.99. The van der Waals surface area contributed by atoms with E-state index in [0.717, 1.165) is 12.8 Å². The van der Waals surface area contributed by atoms with Crippen molar-refractivity contribution >= 4 is 15.7 Å².